The Kier molecular flexibility index (Phi) is 5.75. The molecule has 0 atom stereocenters. The smallest absolute Gasteiger partial charge is 0.0928 e. The second-order valence-corrected chi connectivity index (χ2v) is 4.37. The molecule has 1 aromatic heterocycles. The van der Waals surface area contributed by atoms with E-state index in [1.54, 1.807) is 7.11 Å². The van der Waals surface area contributed by atoms with Crippen LogP contribution < -0.4 is 5.32 Å². The normalized spacial score (nSPS) is 10.7. The first-order valence-electron chi connectivity index (χ1n) is 4.94. The molecule has 0 unspecified atom stereocenters. The van der Waals surface area contributed by atoms with Gasteiger partial charge in [-0.15, -0.1) is 11.3 Å². The summed E-state index contributed by atoms with van der Waals surface area (Å²) in [5, 5.41) is 4.37. The molecule has 0 aliphatic heterocycles. The van der Waals surface area contributed by atoms with Gasteiger partial charge in [0.2, 0.25) is 0 Å². The molecule has 14 heavy (non-hydrogen) atoms. The van der Waals surface area contributed by atoms with Gasteiger partial charge in [0.1, 0.15) is 0 Å². The predicted molar refractivity (Wildman–Crippen MR) is 59.9 cm³/mol. The van der Waals surface area contributed by atoms with Crippen molar-refractivity contribution < 1.29 is 4.74 Å². The summed E-state index contributed by atoms with van der Waals surface area (Å²) in [5.41, 5.74) is 0. The van der Waals surface area contributed by atoms with E-state index in [1.165, 1.54) is 9.88 Å². The number of aromatic nitrogens is 1. The highest BCUT2D eigenvalue weighted by atomic mass is 32.1. The highest BCUT2D eigenvalue weighted by Crippen LogP contribution is 2.14. The molecule has 0 saturated heterocycles. The van der Waals surface area contributed by atoms with Gasteiger partial charge in [0.15, 0.2) is 0 Å². The second kappa shape index (κ2) is 6.92. The minimum absolute atomic E-state index is 0.825. The Balaban J connectivity index is 2.27. The van der Waals surface area contributed by atoms with Gasteiger partial charge in [-0.1, -0.05) is 0 Å². The summed E-state index contributed by atoms with van der Waals surface area (Å²) in [7, 11) is 3.71. The van der Waals surface area contributed by atoms with Crippen LogP contribution >= 0.6 is 11.3 Å². The first-order chi connectivity index (χ1) is 6.86. The Bertz CT molecular complexity index is 250. The monoisotopic (exact) mass is 214 g/mol. The fourth-order valence-electron chi connectivity index (χ4n) is 1.20. The Morgan fingerprint density at radius 1 is 1.50 bits per heavy atom. The maximum atomic E-state index is 5.00. The maximum Gasteiger partial charge on any atom is 0.0928 e. The zero-order chi connectivity index (χ0) is 10.2. The van der Waals surface area contributed by atoms with E-state index in [1.807, 2.05) is 24.6 Å². The lowest BCUT2D eigenvalue weighted by atomic mass is 10.3. The average molecular weight is 214 g/mol. The van der Waals surface area contributed by atoms with Gasteiger partial charge in [-0.3, -0.25) is 0 Å². The molecule has 0 fully saturated rings. The van der Waals surface area contributed by atoms with Crippen molar-refractivity contribution in [2.45, 2.75) is 19.3 Å². The van der Waals surface area contributed by atoms with Crippen molar-refractivity contribution in [3.63, 3.8) is 0 Å². The van der Waals surface area contributed by atoms with E-state index in [2.05, 4.69) is 10.3 Å². The number of aryl methyl sites for hydroxylation is 1. The van der Waals surface area contributed by atoms with Crippen molar-refractivity contribution >= 4 is 11.3 Å². The van der Waals surface area contributed by atoms with Crippen molar-refractivity contribution in [2.75, 3.05) is 27.3 Å². The number of likely N-dealkylation sites (N-methyl/N-ethyl adjacent to an activating group) is 1. The lowest BCUT2D eigenvalue weighted by molar-refractivity contribution is 0.195. The number of rotatable bonds is 7. The van der Waals surface area contributed by atoms with Crippen molar-refractivity contribution in [2.24, 2.45) is 0 Å². The van der Waals surface area contributed by atoms with Crippen LogP contribution in [0, 0.1) is 0 Å². The molecule has 1 N–H and O–H groups in total. The van der Waals surface area contributed by atoms with Gasteiger partial charge in [0, 0.05) is 31.2 Å². The Labute approximate surface area is 89.5 Å². The van der Waals surface area contributed by atoms with E-state index in [0.717, 1.165) is 32.4 Å². The fourth-order valence-corrected chi connectivity index (χ4v) is 2.16. The van der Waals surface area contributed by atoms with Crippen molar-refractivity contribution in [3.05, 3.63) is 16.1 Å². The SMILES string of the molecule is CNCCc1cnc(CCCOC)s1. The molecule has 0 aliphatic rings. The highest BCUT2D eigenvalue weighted by molar-refractivity contribution is 7.11. The number of ether oxygens (including phenoxy) is 1. The fraction of sp³-hybridized carbons (Fsp3) is 0.700. The highest BCUT2D eigenvalue weighted by Gasteiger charge is 2.01. The molecule has 1 rings (SSSR count). The third kappa shape index (κ3) is 4.17. The van der Waals surface area contributed by atoms with Crippen molar-refractivity contribution in [3.8, 4) is 0 Å². The van der Waals surface area contributed by atoms with Crippen LogP contribution in [-0.4, -0.2) is 32.3 Å². The first kappa shape index (κ1) is 11.6. The van der Waals surface area contributed by atoms with Gasteiger partial charge in [-0.2, -0.15) is 0 Å². The van der Waals surface area contributed by atoms with Crippen molar-refractivity contribution in [1.82, 2.24) is 10.3 Å². The third-order valence-electron chi connectivity index (χ3n) is 1.96. The van der Waals surface area contributed by atoms with Gasteiger partial charge in [-0.25, -0.2) is 4.98 Å². The zero-order valence-electron chi connectivity index (χ0n) is 8.88. The quantitative estimate of drug-likeness (QED) is 0.698. The Morgan fingerprint density at radius 3 is 3.07 bits per heavy atom. The molecular formula is C10H18N2OS. The van der Waals surface area contributed by atoms with Gasteiger partial charge in [0.05, 0.1) is 5.01 Å². The Hall–Kier alpha value is -0.450. The summed E-state index contributed by atoms with van der Waals surface area (Å²) in [6.45, 7) is 1.85. The molecule has 0 saturated carbocycles. The van der Waals surface area contributed by atoms with E-state index < -0.39 is 0 Å². The molecule has 0 aliphatic carbocycles. The summed E-state index contributed by atoms with van der Waals surface area (Å²) < 4.78 is 5.00. The summed E-state index contributed by atoms with van der Waals surface area (Å²) in [4.78, 5) is 5.74. The second-order valence-electron chi connectivity index (χ2n) is 3.17. The van der Waals surface area contributed by atoms with Crippen LogP contribution in [-0.2, 0) is 17.6 Å². The predicted octanol–water partition coefficient (Wildman–Crippen LogP) is 1.48. The molecule has 80 valence electrons. The van der Waals surface area contributed by atoms with E-state index in [9.17, 15) is 0 Å². The summed E-state index contributed by atoms with van der Waals surface area (Å²) in [6.07, 6.45) is 5.18. The molecule has 0 amide bonds. The number of nitrogens with one attached hydrogen (secondary N) is 1. The summed E-state index contributed by atoms with van der Waals surface area (Å²) in [6, 6.07) is 0. The van der Waals surface area contributed by atoms with Crippen LogP contribution in [0.15, 0.2) is 6.20 Å². The van der Waals surface area contributed by atoms with E-state index in [0.29, 0.717) is 0 Å². The molecule has 0 radical (unpaired) electrons. The maximum absolute atomic E-state index is 5.00. The number of nitrogens with zero attached hydrogens (tertiary/aromatic N) is 1. The minimum atomic E-state index is 0.825. The lowest BCUT2D eigenvalue weighted by Gasteiger charge is -1.95. The van der Waals surface area contributed by atoms with Crippen LogP contribution in [0.5, 0.6) is 0 Å². The minimum Gasteiger partial charge on any atom is -0.385 e. The average Bonchev–Trinajstić information content (AvgIpc) is 2.63. The van der Waals surface area contributed by atoms with Gasteiger partial charge in [0.25, 0.3) is 0 Å². The molecule has 1 heterocycles. The third-order valence-corrected chi connectivity index (χ3v) is 3.08. The molecular weight excluding hydrogens is 196 g/mol. The van der Waals surface area contributed by atoms with Crippen LogP contribution in [0.2, 0.25) is 0 Å². The van der Waals surface area contributed by atoms with Gasteiger partial charge < -0.3 is 10.1 Å². The first-order valence-corrected chi connectivity index (χ1v) is 5.75. The topological polar surface area (TPSA) is 34.2 Å². The molecule has 0 aromatic carbocycles. The Morgan fingerprint density at radius 2 is 2.36 bits per heavy atom. The van der Waals surface area contributed by atoms with Crippen LogP contribution in [0.1, 0.15) is 16.3 Å². The largest absolute Gasteiger partial charge is 0.385 e. The van der Waals surface area contributed by atoms with Crippen molar-refractivity contribution in [1.29, 1.82) is 0 Å². The summed E-state index contributed by atoms with van der Waals surface area (Å²) >= 11 is 1.82. The number of hydrogen-bond donors (Lipinski definition) is 1. The number of thiazole rings is 1. The van der Waals surface area contributed by atoms with E-state index in [4.69, 9.17) is 4.74 Å². The van der Waals surface area contributed by atoms with Crippen LogP contribution in [0.4, 0.5) is 0 Å². The molecule has 0 bridgehead atoms. The van der Waals surface area contributed by atoms with E-state index >= 15 is 0 Å². The van der Waals surface area contributed by atoms with Gasteiger partial charge >= 0.3 is 0 Å². The number of methoxy groups -OCH3 is 1. The van der Waals surface area contributed by atoms with Gasteiger partial charge in [-0.05, 0) is 26.4 Å². The molecule has 1 aromatic rings. The number of hydrogen-bond acceptors (Lipinski definition) is 4. The molecule has 3 nitrogen and oxygen atoms in total. The lowest BCUT2D eigenvalue weighted by Crippen LogP contribution is -2.09. The van der Waals surface area contributed by atoms with E-state index in [-0.39, 0.29) is 0 Å². The molecule has 4 heteroatoms. The standard InChI is InChI=1S/C10H18N2OS/c1-11-6-5-9-8-12-10(14-9)4-3-7-13-2/h8,11H,3-7H2,1-2H3. The summed E-state index contributed by atoms with van der Waals surface area (Å²) in [5.74, 6) is 0. The van der Waals surface area contributed by atoms with Crippen LogP contribution in [0.25, 0.3) is 0 Å². The van der Waals surface area contributed by atoms with Crippen LogP contribution in [0.3, 0.4) is 0 Å². The zero-order valence-corrected chi connectivity index (χ0v) is 9.69. The molecule has 0 spiro atoms.